The number of amides is 1. The van der Waals surface area contributed by atoms with Crippen molar-refractivity contribution in [3.05, 3.63) is 72.0 Å². The van der Waals surface area contributed by atoms with Crippen LogP contribution in [-0.2, 0) is 14.3 Å². The van der Waals surface area contributed by atoms with Gasteiger partial charge >= 0.3 is 12.1 Å². The van der Waals surface area contributed by atoms with Crippen molar-refractivity contribution in [2.45, 2.75) is 18.9 Å². The fraction of sp³-hybridized carbons (Fsp3) is 0.217. The zero-order valence-corrected chi connectivity index (χ0v) is 17.5. The molecule has 0 spiro atoms. The van der Waals surface area contributed by atoms with Crippen LogP contribution in [0.4, 0.5) is 14.9 Å². The Labute approximate surface area is 184 Å². The van der Waals surface area contributed by atoms with Gasteiger partial charge in [-0.3, -0.25) is 10.1 Å². The summed E-state index contributed by atoms with van der Waals surface area (Å²) in [6.45, 7) is 0.116. The first-order chi connectivity index (χ1) is 15.0. The van der Waals surface area contributed by atoms with E-state index in [-0.39, 0.29) is 18.8 Å². The minimum atomic E-state index is -0.818. The van der Waals surface area contributed by atoms with E-state index in [0.29, 0.717) is 17.7 Å². The number of anilines is 1. The molecule has 8 heteroatoms. The molecule has 0 fully saturated rings. The van der Waals surface area contributed by atoms with E-state index < -0.39 is 29.7 Å². The molecule has 0 unspecified atom stereocenters. The second-order valence-electron chi connectivity index (χ2n) is 6.78. The molecule has 0 heterocycles. The standard InChI is InChI=1S/C23H22FNO5S/c24-18-13-16(10-11-20(18)26)21(9-4-12-29-22(27)14-31)30-23(28)25-19-8-3-6-15-5-1-2-7-17(15)19/h1-3,5-8,10-11,13,21,26,31H,4,9,12,14H2,(H,25,28)/t21-/m0/s1. The molecular formula is C23H22FNO5S. The van der Waals surface area contributed by atoms with Crippen molar-refractivity contribution < 1.29 is 28.6 Å². The normalized spacial score (nSPS) is 11.7. The van der Waals surface area contributed by atoms with Gasteiger partial charge in [-0.2, -0.15) is 12.6 Å². The molecule has 6 nitrogen and oxygen atoms in total. The predicted octanol–water partition coefficient (Wildman–Crippen LogP) is 5.23. The predicted molar refractivity (Wildman–Crippen MR) is 119 cm³/mol. The van der Waals surface area contributed by atoms with Crippen LogP contribution in [0.1, 0.15) is 24.5 Å². The van der Waals surface area contributed by atoms with Crippen LogP contribution >= 0.6 is 12.6 Å². The van der Waals surface area contributed by atoms with Crippen LogP contribution in [0, 0.1) is 5.82 Å². The highest BCUT2D eigenvalue weighted by molar-refractivity contribution is 7.81. The number of rotatable bonds is 8. The van der Waals surface area contributed by atoms with Crippen molar-refractivity contribution >= 4 is 41.2 Å². The second kappa shape index (κ2) is 10.7. The minimum absolute atomic E-state index is 0.0312. The summed E-state index contributed by atoms with van der Waals surface area (Å²) in [5.74, 6) is -1.80. The van der Waals surface area contributed by atoms with Crippen LogP contribution in [0.2, 0.25) is 0 Å². The number of hydrogen-bond donors (Lipinski definition) is 3. The Bertz CT molecular complexity index is 1070. The van der Waals surface area contributed by atoms with E-state index in [1.807, 2.05) is 36.4 Å². The third-order valence-electron chi connectivity index (χ3n) is 4.62. The molecule has 0 aliphatic carbocycles. The number of benzene rings is 3. The van der Waals surface area contributed by atoms with Gasteiger partial charge in [-0.25, -0.2) is 9.18 Å². The molecule has 1 amide bonds. The number of phenols is 1. The highest BCUT2D eigenvalue weighted by Crippen LogP contribution is 2.28. The first-order valence-corrected chi connectivity index (χ1v) is 10.3. The fourth-order valence-corrected chi connectivity index (χ4v) is 3.21. The number of nitrogens with one attached hydrogen (secondary N) is 1. The van der Waals surface area contributed by atoms with Gasteiger partial charge in [0.1, 0.15) is 6.10 Å². The van der Waals surface area contributed by atoms with Crippen LogP contribution in [0.3, 0.4) is 0 Å². The molecule has 3 rings (SSSR count). The van der Waals surface area contributed by atoms with Gasteiger partial charge in [-0.1, -0.05) is 42.5 Å². The number of ether oxygens (including phenoxy) is 2. The number of carbonyl (C=O) groups is 2. The molecule has 31 heavy (non-hydrogen) atoms. The summed E-state index contributed by atoms with van der Waals surface area (Å²) in [7, 11) is 0. The molecule has 0 aromatic heterocycles. The van der Waals surface area contributed by atoms with Crippen LogP contribution in [0.15, 0.2) is 60.7 Å². The number of carbonyl (C=O) groups excluding carboxylic acids is 2. The zero-order valence-electron chi connectivity index (χ0n) is 16.6. The van der Waals surface area contributed by atoms with Gasteiger partial charge in [-0.15, -0.1) is 0 Å². The van der Waals surface area contributed by atoms with Gasteiger partial charge in [0.05, 0.1) is 18.0 Å². The maximum absolute atomic E-state index is 13.9. The topological polar surface area (TPSA) is 84.9 Å². The van der Waals surface area contributed by atoms with E-state index in [9.17, 15) is 19.1 Å². The van der Waals surface area contributed by atoms with E-state index in [2.05, 4.69) is 17.9 Å². The molecule has 0 aliphatic heterocycles. The molecule has 3 aromatic rings. The summed E-state index contributed by atoms with van der Waals surface area (Å²) in [5.41, 5.74) is 0.963. The summed E-state index contributed by atoms with van der Waals surface area (Å²) in [6.07, 6.45) is -0.844. The summed E-state index contributed by atoms with van der Waals surface area (Å²) in [6, 6.07) is 16.9. The van der Waals surface area contributed by atoms with Crippen molar-refractivity contribution in [3.8, 4) is 5.75 Å². The quantitative estimate of drug-likeness (QED) is 0.252. The fourth-order valence-electron chi connectivity index (χ4n) is 3.12. The lowest BCUT2D eigenvalue weighted by atomic mass is 10.0. The van der Waals surface area contributed by atoms with Gasteiger partial charge in [0.25, 0.3) is 0 Å². The first-order valence-electron chi connectivity index (χ1n) is 9.68. The number of esters is 1. The second-order valence-corrected chi connectivity index (χ2v) is 7.09. The minimum Gasteiger partial charge on any atom is -0.505 e. The Hall–Kier alpha value is -3.26. The maximum atomic E-state index is 13.9. The number of phenolic OH excluding ortho intramolecular Hbond substituents is 1. The first kappa shape index (κ1) is 22.4. The number of aromatic hydroxyl groups is 1. The van der Waals surface area contributed by atoms with E-state index in [0.717, 1.165) is 16.8 Å². The van der Waals surface area contributed by atoms with Gasteiger partial charge in [-0.05, 0) is 42.0 Å². The van der Waals surface area contributed by atoms with E-state index in [1.165, 1.54) is 12.1 Å². The molecule has 0 aliphatic rings. The molecule has 2 N–H and O–H groups in total. The summed E-state index contributed by atoms with van der Waals surface area (Å²) in [4.78, 5) is 23.8. The Balaban J connectivity index is 1.72. The zero-order chi connectivity index (χ0) is 22.2. The van der Waals surface area contributed by atoms with Gasteiger partial charge < -0.3 is 14.6 Å². The Morgan fingerprint density at radius 1 is 1.10 bits per heavy atom. The van der Waals surface area contributed by atoms with E-state index >= 15 is 0 Å². The average Bonchev–Trinajstić information content (AvgIpc) is 2.77. The lowest BCUT2D eigenvalue weighted by molar-refractivity contribution is -0.140. The largest absolute Gasteiger partial charge is 0.505 e. The smallest absolute Gasteiger partial charge is 0.412 e. The highest BCUT2D eigenvalue weighted by atomic mass is 32.1. The van der Waals surface area contributed by atoms with Gasteiger partial charge in [0.15, 0.2) is 11.6 Å². The summed E-state index contributed by atoms with van der Waals surface area (Å²) >= 11 is 3.84. The van der Waals surface area contributed by atoms with Crippen LogP contribution < -0.4 is 5.32 Å². The number of fused-ring (bicyclic) bond motifs is 1. The van der Waals surface area contributed by atoms with Gasteiger partial charge in [0.2, 0.25) is 0 Å². The number of halogens is 1. The molecule has 0 bridgehead atoms. The summed E-state index contributed by atoms with van der Waals surface area (Å²) in [5, 5.41) is 14.0. The Kier molecular flexibility index (Phi) is 7.72. The molecule has 0 saturated carbocycles. The van der Waals surface area contributed by atoms with Crippen molar-refractivity contribution in [1.82, 2.24) is 0 Å². The lowest BCUT2D eigenvalue weighted by Crippen LogP contribution is -2.18. The third kappa shape index (κ3) is 6.11. The van der Waals surface area contributed by atoms with Crippen molar-refractivity contribution in [2.75, 3.05) is 17.7 Å². The van der Waals surface area contributed by atoms with Crippen molar-refractivity contribution in [1.29, 1.82) is 0 Å². The van der Waals surface area contributed by atoms with E-state index in [1.54, 1.807) is 6.07 Å². The molecular weight excluding hydrogens is 421 g/mol. The SMILES string of the molecule is O=C(CS)OCCC[C@H](OC(=O)Nc1cccc2ccccc12)c1ccc(O)c(F)c1. The van der Waals surface area contributed by atoms with Crippen molar-refractivity contribution in [2.24, 2.45) is 0 Å². The van der Waals surface area contributed by atoms with Crippen LogP contribution in [0.5, 0.6) is 5.75 Å². The Morgan fingerprint density at radius 2 is 1.87 bits per heavy atom. The number of thiol groups is 1. The monoisotopic (exact) mass is 443 g/mol. The average molecular weight is 443 g/mol. The molecule has 0 radical (unpaired) electrons. The van der Waals surface area contributed by atoms with Crippen LogP contribution in [-0.4, -0.2) is 29.5 Å². The maximum Gasteiger partial charge on any atom is 0.412 e. The summed E-state index contributed by atoms with van der Waals surface area (Å²) < 4.78 is 24.4. The Morgan fingerprint density at radius 3 is 2.65 bits per heavy atom. The molecule has 0 saturated heterocycles. The van der Waals surface area contributed by atoms with Crippen LogP contribution in [0.25, 0.3) is 10.8 Å². The number of hydrogen-bond acceptors (Lipinski definition) is 6. The molecule has 162 valence electrons. The van der Waals surface area contributed by atoms with Crippen molar-refractivity contribution in [3.63, 3.8) is 0 Å². The highest BCUT2D eigenvalue weighted by Gasteiger charge is 2.19. The third-order valence-corrected chi connectivity index (χ3v) is 4.88. The molecule has 3 aromatic carbocycles. The van der Waals surface area contributed by atoms with Gasteiger partial charge in [0, 0.05) is 5.39 Å². The molecule has 1 atom stereocenters. The van der Waals surface area contributed by atoms with E-state index in [4.69, 9.17) is 9.47 Å². The lowest BCUT2D eigenvalue weighted by Gasteiger charge is -2.19.